The smallest absolute Gasteiger partial charge is 0.237 e. The molecule has 0 heterocycles. The van der Waals surface area contributed by atoms with Crippen LogP contribution in [0, 0.1) is 0 Å². The molecule has 0 aliphatic rings. The Hall–Kier alpha value is -1.92. The molecule has 2 amide bonds. The summed E-state index contributed by atoms with van der Waals surface area (Å²) in [4.78, 5) is 25.0. The highest BCUT2D eigenvalue weighted by atomic mass is 16.2. The fourth-order valence-corrected chi connectivity index (χ4v) is 2.44. The fourth-order valence-electron chi connectivity index (χ4n) is 2.44. The maximum atomic E-state index is 12.0. The van der Waals surface area contributed by atoms with Gasteiger partial charge >= 0.3 is 0 Å². The zero-order valence-corrected chi connectivity index (χ0v) is 13.3. The summed E-state index contributed by atoms with van der Waals surface area (Å²) in [6, 6.07) is 9.17. The SMILES string of the molecule is CCN(CC)C(CNC(=O)C(N)CC(N)=O)c1ccccc1. The van der Waals surface area contributed by atoms with Gasteiger partial charge in [0, 0.05) is 6.54 Å². The van der Waals surface area contributed by atoms with E-state index in [0.717, 1.165) is 18.7 Å². The van der Waals surface area contributed by atoms with Crippen LogP contribution in [0.3, 0.4) is 0 Å². The normalized spacial score (nSPS) is 13.6. The van der Waals surface area contributed by atoms with Crippen LogP contribution in [0.2, 0.25) is 0 Å². The fraction of sp³-hybridized carbons (Fsp3) is 0.500. The van der Waals surface area contributed by atoms with E-state index in [0.29, 0.717) is 6.54 Å². The summed E-state index contributed by atoms with van der Waals surface area (Å²) in [5.74, 6) is -0.933. The van der Waals surface area contributed by atoms with Crippen molar-refractivity contribution >= 4 is 11.8 Å². The minimum atomic E-state index is -0.898. The molecule has 0 saturated carbocycles. The first-order valence-electron chi connectivity index (χ1n) is 7.60. The van der Waals surface area contributed by atoms with Crippen LogP contribution in [0.5, 0.6) is 0 Å². The van der Waals surface area contributed by atoms with E-state index in [1.165, 1.54) is 0 Å². The predicted molar refractivity (Wildman–Crippen MR) is 86.9 cm³/mol. The van der Waals surface area contributed by atoms with Crippen LogP contribution in [0.1, 0.15) is 31.9 Å². The van der Waals surface area contributed by atoms with Gasteiger partial charge in [-0.2, -0.15) is 0 Å². The molecule has 1 rings (SSSR count). The van der Waals surface area contributed by atoms with Crippen LogP contribution in [-0.4, -0.2) is 42.4 Å². The standard InChI is InChI=1S/C16H26N4O2/c1-3-20(4-2)14(12-8-6-5-7-9-12)11-19-16(22)13(17)10-15(18)21/h5-9,13-14H,3-4,10-11,17H2,1-2H3,(H2,18,21)(H,19,22). The van der Waals surface area contributed by atoms with E-state index < -0.39 is 11.9 Å². The molecule has 0 aromatic heterocycles. The molecule has 6 heteroatoms. The lowest BCUT2D eigenvalue weighted by atomic mass is 10.0. The first-order valence-corrected chi connectivity index (χ1v) is 7.60. The van der Waals surface area contributed by atoms with E-state index in [9.17, 15) is 9.59 Å². The number of nitrogens with zero attached hydrogens (tertiary/aromatic N) is 1. The van der Waals surface area contributed by atoms with E-state index >= 15 is 0 Å². The summed E-state index contributed by atoms with van der Waals surface area (Å²) in [7, 11) is 0. The molecular weight excluding hydrogens is 280 g/mol. The monoisotopic (exact) mass is 306 g/mol. The number of carbonyl (C=O) groups is 2. The van der Waals surface area contributed by atoms with Gasteiger partial charge in [0.25, 0.3) is 0 Å². The number of nitrogens with one attached hydrogen (secondary N) is 1. The molecular formula is C16H26N4O2. The van der Waals surface area contributed by atoms with Crippen LogP contribution in [0.4, 0.5) is 0 Å². The van der Waals surface area contributed by atoms with Crippen molar-refractivity contribution in [1.29, 1.82) is 0 Å². The molecule has 2 atom stereocenters. The quantitative estimate of drug-likeness (QED) is 0.614. The number of rotatable bonds is 9. The maximum absolute atomic E-state index is 12.0. The van der Waals surface area contributed by atoms with Crippen molar-refractivity contribution in [2.24, 2.45) is 11.5 Å². The molecule has 0 spiro atoms. The van der Waals surface area contributed by atoms with Gasteiger partial charge in [-0.05, 0) is 18.7 Å². The third-order valence-electron chi connectivity index (χ3n) is 3.66. The van der Waals surface area contributed by atoms with E-state index in [1.807, 2.05) is 30.3 Å². The molecule has 0 aliphatic heterocycles. The molecule has 5 N–H and O–H groups in total. The van der Waals surface area contributed by atoms with Crippen molar-refractivity contribution in [3.05, 3.63) is 35.9 Å². The molecule has 22 heavy (non-hydrogen) atoms. The molecule has 0 saturated heterocycles. The third kappa shape index (κ3) is 5.46. The lowest BCUT2D eigenvalue weighted by Gasteiger charge is -2.30. The lowest BCUT2D eigenvalue weighted by molar-refractivity contribution is -0.126. The number of carbonyl (C=O) groups excluding carboxylic acids is 2. The molecule has 1 aromatic rings. The molecule has 0 bridgehead atoms. The van der Waals surface area contributed by atoms with Crippen molar-refractivity contribution in [3.8, 4) is 0 Å². The van der Waals surface area contributed by atoms with Crippen LogP contribution in [-0.2, 0) is 9.59 Å². The lowest BCUT2D eigenvalue weighted by Crippen LogP contribution is -2.46. The van der Waals surface area contributed by atoms with E-state index in [-0.39, 0.29) is 18.4 Å². The third-order valence-corrected chi connectivity index (χ3v) is 3.66. The maximum Gasteiger partial charge on any atom is 0.237 e. The van der Waals surface area contributed by atoms with Crippen molar-refractivity contribution in [2.75, 3.05) is 19.6 Å². The number of hydrogen-bond donors (Lipinski definition) is 3. The van der Waals surface area contributed by atoms with Crippen molar-refractivity contribution in [3.63, 3.8) is 0 Å². The van der Waals surface area contributed by atoms with Crippen LogP contribution in [0.15, 0.2) is 30.3 Å². The first kappa shape index (κ1) is 18.1. The Morgan fingerprint density at radius 3 is 2.27 bits per heavy atom. The Bertz CT molecular complexity index is 474. The largest absolute Gasteiger partial charge is 0.370 e. The summed E-state index contributed by atoms with van der Waals surface area (Å²) in [5.41, 5.74) is 11.9. The van der Waals surface area contributed by atoms with E-state index in [2.05, 4.69) is 24.1 Å². The highest BCUT2D eigenvalue weighted by molar-refractivity contribution is 5.87. The zero-order valence-electron chi connectivity index (χ0n) is 13.3. The van der Waals surface area contributed by atoms with Crippen molar-refractivity contribution in [1.82, 2.24) is 10.2 Å². The molecule has 0 aliphatic carbocycles. The van der Waals surface area contributed by atoms with Crippen LogP contribution in [0.25, 0.3) is 0 Å². The molecule has 6 nitrogen and oxygen atoms in total. The number of amides is 2. The van der Waals surface area contributed by atoms with Gasteiger partial charge in [0.2, 0.25) is 11.8 Å². The van der Waals surface area contributed by atoms with Gasteiger partial charge < -0.3 is 16.8 Å². The molecule has 2 unspecified atom stereocenters. The minimum absolute atomic E-state index is 0.0703. The summed E-state index contributed by atoms with van der Waals surface area (Å²) < 4.78 is 0. The summed E-state index contributed by atoms with van der Waals surface area (Å²) in [6.07, 6.45) is -0.146. The number of likely N-dealkylation sites (N-methyl/N-ethyl adjacent to an activating group) is 1. The second kappa shape index (κ2) is 9.17. The number of primary amides is 1. The van der Waals surface area contributed by atoms with E-state index in [4.69, 9.17) is 11.5 Å². The van der Waals surface area contributed by atoms with E-state index in [1.54, 1.807) is 0 Å². The number of hydrogen-bond acceptors (Lipinski definition) is 4. The second-order valence-corrected chi connectivity index (χ2v) is 5.17. The Balaban J connectivity index is 2.74. The van der Waals surface area contributed by atoms with Gasteiger partial charge in [-0.15, -0.1) is 0 Å². The summed E-state index contributed by atoms with van der Waals surface area (Å²) in [5, 5.41) is 2.82. The van der Waals surface area contributed by atoms with Gasteiger partial charge in [-0.25, -0.2) is 0 Å². The first-order chi connectivity index (χ1) is 10.5. The Morgan fingerprint density at radius 2 is 1.77 bits per heavy atom. The Morgan fingerprint density at radius 1 is 1.18 bits per heavy atom. The molecule has 122 valence electrons. The van der Waals surface area contributed by atoms with Gasteiger partial charge in [0.05, 0.1) is 18.5 Å². The second-order valence-electron chi connectivity index (χ2n) is 5.17. The zero-order chi connectivity index (χ0) is 16.5. The molecule has 0 fully saturated rings. The van der Waals surface area contributed by atoms with Gasteiger partial charge in [0.15, 0.2) is 0 Å². The predicted octanol–water partition coefficient (Wildman–Crippen LogP) is 0.388. The van der Waals surface area contributed by atoms with Gasteiger partial charge in [-0.1, -0.05) is 44.2 Å². The highest BCUT2D eigenvalue weighted by Crippen LogP contribution is 2.19. The Kier molecular flexibility index (Phi) is 7.56. The van der Waals surface area contributed by atoms with Crippen LogP contribution < -0.4 is 16.8 Å². The summed E-state index contributed by atoms with van der Waals surface area (Å²) >= 11 is 0. The van der Waals surface area contributed by atoms with Gasteiger partial charge in [0.1, 0.15) is 0 Å². The average Bonchev–Trinajstić information content (AvgIpc) is 2.51. The number of benzene rings is 1. The minimum Gasteiger partial charge on any atom is -0.370 e. The molecule has 1 aromatic carbocycles. The van der Waals surface area contributed by atoms with Crippen molar-refractivity contribution < 1.29 is 9.59 Å². The molecule has 0 radical (unpaired) electrons. The topological polar surface area (TPSA) is 101 Å². The highest BCUT2D eigenvalue weighted by Gasteiger charge is 2.21. The van der Waals surface area contributed by atoms with Gasteiger partial charge in [-0.3, -0.25) is 14.5 Å². The van der Waals surface area contributed by atoms with Crippen LogP contribution >= 0.6 is 0 Å². The average molecular weight is 306 g/mol. The van der Waals surface area contributed by atoms with Crippen molar-refractivity contribution in [2.45, 2.75) is 32.4 Å². The Labute approximate surface area is 131 Å². The summed E-state index contributed by atoms with van der Waals surface area (Å²) in [6.45, 7) is 6.36. The number of nitrogens with two attached hydrogens (primary N) is 2.